The van der Waals surface area contributed by atoms with E-state index in [0.29, 0.717) is 51.1 Å². The number of likely N-dealkylation sites (tertiary alicyclic amines) is 2. The fourth-order valence-corrected chi connectivity index (χ4v) is 6.93. The molecule has 1 saturated carbocycles. The number of carbonyl (C=O) groups is 3. The first-order valence-corrected chi connectivity index (χ1v) is 14.7. The smallest absolute Gasteiger partial charge is 0.309 e. The van der Waals surface area contributed by atoms with E-state index in [1.54, 1.807) is 6.92 Å². The van der Waals surface area contributed by atoms with E-state index in [4.69, 9.17) is 4.74 Å². The number of hydrogen-bond acceptors (Lipinski definition) is 5. The summed E-state index contributed by atoms with van der Waals surface area (Å²) in [5.74, 6) is -0.0711. The molecule has 2 saturated heterocycles. The number of nitrogens with zero attached hydrogens (tertiary/aromatic N) is 3. The second-order valence-corrected chi connectivity index (χ2v) is 11.7. The zero-order valence-electron chi connectivity index (χ0n) is 23.5. The van der Waals surface area contributed by atoms with Crippen LogP contribution in [-0.4, -0.2) is 65.0 Å². The molecule has 3 aliphatic rings. The van der Waals surface area contributed by atoms with Crippen LogP contribution >= 0.6 is 0 Å². The predicted octanol–water partition coefficient (Wildman–Crippen LogP) is 4.91. The van der Waals surface area contributed by atoms with E-state index >= 15 is 0 Å². The quantitative estimate of drug-likeness (QED) is 0.425. The molecule has 0 radical (unpaired) electrons. The molecule has 1 aromatic carbocycles. The van der Waals surface area contributed by atoms with Crippen LogP contribution in [0.4, 0.5) is 0 Å². The van der Waals surface area contributed by atoms with Crippen LogP contribution < -0.4 is 4.74 Å². The van der Waals surface area contributed by atoms with Gasteiger partial charge in [0.25, 0.3) is 0 Å². The molecule has 0 aromatic heterocycles. The number of carboxylic acid groups (broad SMARTS) is 1. The van der Waals surface area contributed by atoms with Crippen molar-refractivity contribution >= 4 is 17.8 Å². The van der Waals surface area contributed by atoms with Crippen LogP contribution in [0.3, 0.4) is 0 Å². The minimum absolute atomic E-state index is 0.0375. The number of amides is 2. The number of benzene rings is 1. The minimum atomic E-state index is -0.746. The van der Waals surface area contributed by atoms with Crippen LogP contribution in [0.25, 0.3) is 0 Å². The van der Waals surface area contributed by atoms with Gasteiger partial charge in [-0.15, -0.1) is 0 Å². The van der Waals surface area contributed by atoms with Crippen LogP contribution in [0.1, 0.15) is 90.0 Å². The lowest BCUT2D eigenvalue weighted by Gasteiger charge is -2.44. The number of nitriles is 1. The van der Waals surface area contributed by atoms with Crippen LogP contribution in [-0.2, 0) is 19.8 Å². The SMILES string of the molecule is CCCC1C(C(=O)N2CCC(C#N)(c3ccccc3OCCCC3(C(=O)O)CCC3)CC2)CCCN1C(C)=O. The van der Waals surface area contributed by atoms with Gasteiger partial charge in [-0.3, -0.25) is 14.4 Å². The molecule has 8 nitrogen and oxygen atoms in total. The van der Waals surface area contributed by atoms with E-state index < -0.39 is 16.8 Å². The summed E-state index contributed by atoms with van der Waals surface area (Å²) in [7, 11) is 0. The molecule has 8 heteroatoms. The van der Waals surface area contributed by atoms with E-state index in [0.717, 1.165) is 57.1 Å². The van der Waals surface area contributed by atoms with Crippen LogP contribution in [0.2, 0.25) is 0 Å². The van der Waals surface area contributed by atoms with Crippen molar-refractivity contribution in [3.63, 3.8) is 0 Å². The van der Waals surface area contributed by atoms with Crippen molar-refractivity contribution in [1.29, 1.82) is 5.26 Å². The molecule has 1 N–H and O–H groups in total. The highest BCUT2D eigenvalue weighted by Crippen LogP contribution is 2.45. The minimum Gasteiger partial charge on any atom is -0.493 e. The average molecular weight is 538 g/mol. The molecule has 1 aromatic rings. The average Bonchev–Trinajstić information content (AvgIpc) is 2.92. The highest BCUT2D eigenvalue weighted by molar-refractivity contribution is 5.82. The molecule has 0 spiro atoms. The Hall–Kier alpha value is -3.08. The van der Waals surface area contributed by atoms with Crippen molar-refractivity contribution in [2.24, 2.45) is 11.3 Å². The first kappa shape index (κ1) is 28.9. The highest BCUT2D eigenvalue weighted by atomic mass is 16.5. The second kappa shape index (κ2) is 12.4. The van der Waals surface area contributed by atoms with E-state index in [9.17, 15) is 24.8 Å². The second-order valence-electron chi connectivity index (χ2n) is 11.7. The maximum Gasteiger partial charge on any atom is 0.309 e. The van der Waals surface area contributed by atoms with Gasteiger partial charge >= 0.3 is 5.97 Å². The Morgan fingerprint density at radius 1 is 1.10 bits per heavy atom. The van der Waals surface area contributed by atoms with Crippen molar-refractivity contribution in [3.05, 3.63) is 29.8 Å². The molecular formula is C31H43N3O5. The number of piperidine rings is 2. The lowest BCUT2D eigenvalue weighted by molar-refractivity contribution is -0.155. The van der Waals surface area contributed by atoms with Gasteiger partial charge in [-0.1, -0.05) is 38.0 Å². The molecule has 4 rings (SSSR count). The number of ether oxygens (including phenoxy) is 1. The van der Waals surface area contributed by atoms with Gasteiger partial charge in [0.1, 0.15) is 5.75 Å². The lowest BCUT2D eigenvalue weighted by Crippen LogP contribution is -2.55. The monoisotopic (exact) mass is 537 g/mol. The van der Waals surface area contributed by atoms with Gasteiger partial charge in [0, 0.05) is 38.2 Å². The molecule has 1 aliphatic carbocycles. The van der Waals surface area contributed by atoms with E-state index in [2.05, 4.69) is 13.0 Å². The first-order valence-electron chi connectivity index (χ1n) is 14.7. The lowest BCUT2D eigenvalue weighted by atomic mass is 9.66. The summed E-state index contributed by atoms with van der Waals surface area (Å²) in [6.07, 6.45) is 8.13. The molecule has 2 aliphatic heterocycles. The van der Waals surface area contributed by atoms with Gasteiger partial charge in [-0.25, -0.2) is 0 Å². The zero-order valence-corrected chi connectivity index (χ0v) is 23.5. The normalized spacial score (nSPS) is 23.8. The summed E-state index contributed by atoms with van der Waals surface area (Å²) in [5, 5.41) is 19.9. The van der Waals surface area contributed by atoms with Crippen LogP contribution in [0.15, 0.2) is 24.3 Å². The summed E-state index contributed by atoms with van der Waals surface area (Å²) in [6.45, 7) is 5.80. The Labute approximate surface area is 232 Å². The Kier molecular flexibility index (Phi) is 9.19. The van der Waals surface area contributed by atoms with Gasteiger partial charge in [-0.05, 0) is 63.9 Å². The number of hydrogen-bond donors (Lipinski definition) is 1. The predicted molar refractivity (Wildman–Crippen MR) is 147 cm³/mol. The standard InChI is InChI=1S/C31H43N3O5/c1-3-9-26-24(10-6-18-34(26)23(2)35)28(36)33-19-16-31(22-32,17-20-33)25-11-4-5-12-27(25)39-21-8-15-30(29(37)38)13-7-14-30/h4-5,11-12,24,26H,3,6-10,13-21H2,1-2H3,(H,37,38). The molecule has 3 fully saturated rings. The zero-order chi connectivity index (χ0) is 28.0. The van der Waals surface area contributed by atoms with Gasteiger partial charge in [-0.2, -0.15) is 5.26 Å². The third-order valence-corrected chi connectivity index (χ3v) is 9.45. The maximum atomic E-state index is 13.7. The third-order valence-electron chi connectivity index (χ3n) is 9.45. The fourth-order valence-electron chi connectivity index (χ4n) is 6.93. The van der Waals surface area contributed by atoms with Crippen molar-refractivity contribution < 1.29 is 24.2 Å². The number of carboxylic acids is 1. The Morgan fingerprint density at radius 2 is 1.82 bits per heavy atom. The van der Waals surface area contributed by atoms with Gasteiger partial charge in [0.2, 0.25) is 11.8 Å². The van der Waals surface area contributed by atoms with E-state index in [1.807, 2.05) is 34.1 Å². The molecule has 2 unspecified atom stereocenters. The summed E-state index contributed by atoms with van der Waals surface area (Å²) in [5.41, 5.74) is -0.489. The summed E-state index contributed by atoms with van der Waals surface area (Å²) < 4.78 is 6.14. The van der Waals surface area contributed by atoms with Crippen LogP contribution in [0.5, 0.6) is 5.75 Å². The molecule has 2 amide bonds. The largest absolute Gasteiger partial charge is 0.493 e. The topological polar surface area (TPSA) is 111 Å². The van der Waals surface area contributed by atoms with Crippen molar-refractivity contribution in [2.75, 3.05) is 26.2 Å². The van der Waals surface area contributed by atoms with Crippen molar-refractivity contribution in [1.82, 2.24) is 9.80 Å². The van der Waals surface area contributed by atoms with Crippen molar-refractivity contribution in [3.8, 4) is 11.8 Å². The highest BCUT2D eigenvalue weighted by Gasteiger charge is 2.45. The van der Waals surface area contributed by atoms with Gasteiger partial charge < -0.3 is 19.6 Å². The molecule has 2 atom stereocenters. The molecule has 0 bridgehead atoms. The fraction of sp³-hybridized carbons (Fsp3) is 0.677. The summed E-state index contributed by atoms with van der Waals surface area (Å²) >= 11 is 0. The number of rotatable bonds is 10. The number of aliphatic carboxylic acids is 1. The maximum absolute atomic E-state index is 13.7. The first-order chi connectivity index (χ1) is 18.8. The number of carbonyl (C=O) groups excluding carboxylic acids is 2. The van der Waals surface area contributed by atoms with E-state index in [1.165, 1.54) is 0 Å². The van der Waals surface area contributed by atoms with Crippen molar-refractivity contribution in [2.45, 2.75) is 95.9 Å². The Bertz CT molecular complexity index is 1080. The van der Waals surface area contributed by atoms with Gasteiger partial charge in [0.05, 0.1) is 29.4 Å². The summed E-state index contributed by atoms with van der Waals surface area (Å²) in [6, 6.07) is 10.2. The van der Waals surface area contributed by atoms with Crippen LogP contribution in [0, 0.1) is 22.7 Å². The molecule has 212 valence electrons. The number of para-hydroxylation sites is 1. The molecular weight excluding hydrogens is 494 g/mol. The Balaban J connectivity index is 1.40. The van der Waals surface area contributed by atoms with E-state index in [-0.39, 0.29) is 23.8 Å². The third kappa shape index (κ3) is 5.92. The molecule has 39 heavy (non-hydrogen) atoms. The summed E-state index contributed by atoms with van der Waals surface area (Å²) in [4.78, 5) is 41.4. The van der Waals surface area contributed by atoms with Gasteiger partial charge in [0.15, 0.2) is 0 Å². The molecule has 2 heterocycles. The Morgan fingerprint density at radius 3 is 2.41 bits per heavy atom.